The Kier molecular flexibility index (Phi) is 4.40. The van der Waals surface area contributed by atoms with Crippen molar-refractivity contribution in [2.45, 2.75) is 39.4 Å². The minimum atomic E-state index is 0.435. The van der Waals surface area contributed by atoms with E-state index in [0.717, 1.165) is 13.1 Å². The molecule has 2 aromatic heterocycles. The standard InChI is InChI=1S/C14H20N2S/c1-3-7-16-8-6-13(11-16)10-15-12(2)14-5-4-9-17-14/h4-6,8-9,11-12,15H,3,7,10H2,1-2H3. The Morgan fingerprint density at radius 3 is 3.00 bits per heavy atom. The van der Waals surface area contributed by atoms with Crippen LogP contribution in [0.5, 0.6) is 0 Å². The highest BCUT2D eigenvalue weighted by Crippen LogP contribution is 2.18. The largest absolute Gasteiger partial charge is 0.354 e. The molecule has 1 unspecified atom stereocenters. The lowest BCUT2D eigenvalue weighted by Crippen LogP contribution is -2.16. The number of hydrogen-bond acceptors (Lipinski definition) is 2. The van der Waals surface area contributed by atoms with Gasteiger partial charge in [-0.2, -0.15) is 0 Å². The summed E-state index contributed by atoms with van der Waals surface area (Å²) in [4.78, 5) is 1.40. The molecule has 0 radical (unpaired) electrons. The van der Waals surface area contributed by atoms with Gasteiger partial charge >= 0.3 is 0 Å². The highest BCUT2D eigenvalue weighted by molar-refractivity contribution is 7.10. The zero-order chi connectivity index (χ0) is 12.1. The van der Waals surface area contributed by atoms with Gasteiger partial charge in [0.1, 0.15) is 0 Å². The number of nitrogens with zero attached hydrogens (tertiary/aromatic N) is 1. The lowest BCUT2D eigenvalue weighted by molar-refractivity contribution is 0.581. The molecule has 0 fully saturated rings. The molecule has 2 rings (SSSR count). The Labute approximate surface area is 107 Å². The van der Waals surface area contributed by atoms with Crippen LogP contribution in [0.4, 0.5) is 0 Å². The highest BCUT2D eigenvalue weighted by Gasteiger charge is 2.05. The maximum absolute atomic E-state index is 3.55. The summed E-state index contributed by atoms with van der Waals surface area (Å²) >= 11 is 1.81. The molecule has 0 aliphatic rings. The van der Waals surface area contributed by atoms with Crippen LogP contribution in [0.15, 0.2) is 36.0 Å². The fraction of sp³-hybridized carbons (Fsp3) is 0.429. The quantitative estimate of drug-likeness (QED) is 0.822. The normalized spacial score (nSPS) is 12.8. The third-order valence-electron chi connectivity index (χ3n) is 2.88. The molecular formula is C14H20N2S. The highest BCUT2D eigenvalue weighted by atomic mass is 32.1. The second kappa shape index (κ2) is 6.03. The first kappa shape index (κ1) is 12.4. The molecule has 92 valence electrons. The van der Waals surface area contributed by atoms with Gasteiger partial charge in [0, 0.05) is 36.4 Å². The first-order valence-electron chi connectivity index (χ1n) is 6.21. The molecule has 1 atom stereocenters. The Balaban J connectivity index is 1.84. The minimum absolute atomic E-state index is 0.435. The zero-order valence-electron chi connectivity index (χ0n) is 10.5. The molecule has 0 bridgehead atoms. The van der Waals surface area contributed by atoms with E-state index >= 15 is 0 Å². The molecule has 2 nitrogen and oxygen atoms in total. The predicted octanol–water partition coefficient (Wildman–Crippen LogP) is 3.81. The fourth-order valence-electron chi connectivity index (χ4n) is 1.90. The van der Waals surface area contributed by atoms with Gasteiger partial charge in [-0.3, -0.25) is 0 Å². The second-order valence-electron chi connectivity index (χ2n) is 4.38. The van der Waals surface area contributed by atoms with Gasteiger partial charge in [-0.25, -0.2) is 0 Å². The van der Waals surface area contributed by atoms with E-state index < -0.39 is 0 Å². The van der Waals surface area contributed by atoms with Gasteiger partial charge in [0.25, 0.3) is 0 Å². The van der Waals surface area contributed by atoms with Gasteiger partial charge in [-0.05, 0) is 36.4 Å². The van der Waals surface area contributed by atoms with Gasteiger partial charge in [0.05, 0.1) is 0 Å². The molecule has 0 saturated heterocycles. The molecule has 0 aromatic carbocycles. The number of hydrogen-bond donors (Lipinski definition) is 1. The molecule has 2 heterocycles. The maximum Gasteiger partial charge on any atom is 0.0388 e. The van der Waals surface area contributed by atoms with E-state index in [1.54, 1.807) is 0 Å². The molecule has 0 aliphatic carbocycles. The summed E-state index contributed by atoms with van der Waals surface area (Å²) in [5.74, 6) is 0. The summed E-state index contributed by atoms with van der Waals surface area (Å²) in [6, 6.07) is 6.93. The molecule has 1 N–H and O–H groups in total. The molecule has 2 aromatic rings. The smallest absolute Gasteiger partial charge is 0.0388 e. The van der Waals surface area contributed by atoms with E-state index in [-0.39, 0.29) is 0 Å². The lowest BCUT2D eigenvalue weighted by atomic mass is 10.2. The van der Waals surface area contributed by atoms with Gasteiger partial charge in [-0.15, -0.1) is 11.3 Å². The molecule has 0 amide bonds. The van der Waals surface area contributed by atoms with Crippen LogP contribution in [-0.4, -0.2) is 4.57 Å². The van der Waals surface area contributed by atoms with E-state index in [1.807, 2.05) is 11.3 Å². The van der Waals surface area contributed by atoms with Crippen molar-refractivity contribution in [1.29, 1.82) is 0 Å². The first-order valence-corrected chi connectivity index (χ1v) is 7.09. The summed E-state index contributed by atoms with van der Waals surface area (Å²) in [6.07, 6.45) is 5.58. The molecule has 3 heteroatoms. The fourth-order valence-corrected chi connectivity index (χ4v) is 2.66. The number of aryl methyl sites for hydroxylation is 1. The maximum atomic E-state index is 3.55. The lowest BCUT2D eigenvalue weighted by Gasteiger charge is -2.10. The summed E-state index contributed by atoms with van der Waals surface area (Å²) in [5, 5.41) is 5.68. The van der Waals surface area contributed by atoms with Crippen molar-refractivity contribution in [2.75, 3.05) is 0 Å². The summed E-state index contributed by atoms with van der Waals surface area (Å²) in [6.45, 7) is 6.47. The van der Waals surface area contributed by atoms with Crippen LogP contribution in [0.2, 0.25) is 0 Å². The summed E-state index contributed by atoms with van der Waals surface area (Å²) < 4.78 is 2.26. The summed E-state index contributed by atoms with van der Waals surface area (Å²) in [7, 11) is 0. The van der Waals surface area contributed by atoms with E-state index in [0.29, 0.717) is 6.04 Å². The Morgan fingerprint density at radius 1 is 1.41 bits per heavy atom. The number of nitrogens with one attached hydrogen (secondary N) is 1. The van der Waals surface area contributed by atoms with Crippen LogP contribution < -0.4 is 5.32 Å². The molecule has 0 aliphatic heterocycles. The van der Waals surface area contributed by atoms with Crippen LogP contribution in [0.25, 0.3) is 0 Å². The molecule has 17 heavy (non-hydrogen) atoms. The third kappa shape index (κ3) is 3.45. The predicted molar refractivity (Wildman–Crippen MR) is 74.3 cm³/mol. The van der Waals surface area contributed by atoms with Crippen LogP contribution in [0.3, 0.4) is 0 Å². The number of rotatable bonds is 6. The van der Waals surface area contributed by atoms with Crippen molar-refractivity contribution < 1.29 is 0 Å². The van der Waals surface area contributed by atoms with Crippen molar-refractivity contribution in [2.24, 2.45) is 0 Å². The minimum Gasteiger partial charge on any atom is -0.354 e. The van der Waals surface area contributed by atoms with Crippen molar-refractivity contribution in [3.05, 3.63) is 46.4 Å². The summed E-state index contributed by atoms with van der Waals surface area (Å²) in [5.41, 5.74) is 1.36. The van der Waals surface area contributed by atoms with Crippen LogP contribution >= 0.6 is 11.3 Å². The van der Waals surface area contributed by atoms with E-state index in [4.69, 9.17) is 0 Å². The van der Waals surface area contributed by atoms with Gasteiger partial charge in [0.2, 0.25) is 0 Å². The third-order valence-corrected chi connectivity index (χ3v) is 3.93. The van der Waals surface area contributed by atoms with Crippen LogP contribution in [0, 0.1) is 0 Å². The average molecular weight is 248 g/mol. The SMILES string of the molecule is CCCn1ccc(CNC(C)c2cccs2)c1. The topological polar surface area (TPSA) is 17.0 Å². The van der Waals surface area contributed by atoms with Crippen molar-refractivity contribution >= 4 is 11.3 Å². The van der Waals surface area contributed by atoms with Crippen LogP contribution in [0.1, 0.15) is 36.8 Å². The van der Waals surface area contributed by atoms with Crippen molar-refractivity contribution in [3.8, 4) is 0 Å². The number of thiophene rings is 1. The second-order valence-corrected chi connectivity index (χ2v) is 5.35. The zero-order valence-corrected chi connectivity index (χ0v) is 11.3. The Morgan fingerprint density at radius 2 is 2.29 bits per heavy atom. The molecular weight excluding hydrogens is 228 g/mol. The molecule has 0 spiro atoms. The van der Waals surface area contributed by atoms with Gasteiger partial charge < -0.3 is 9.88 Å². The van der Waals surface area contributed by atoms with Crippen molar-refractivity contribution in [1.82, 2.24) is 9.88 Å². The van der Waals surface area contributed by atoms with E-state index in [2.05, 4.69) is 59.7 Å². The van der Waals surface area contributed by atoms with Crippen molar-refractivity contribution in [3.63, 3.8) is 0 Å². The first-order chi connectivity index (χ1) is 8.29. The van der Waals surface area contributed by atoms with E-state index in [1.165, 1.54) is 16.9 Å². The Hall–Kier alpha value is -1.06. The molecule has 0 saturated carbocycles. The van der Waals surface area contributed by atoms with Gasteiger partial charge in [0.15, 0.2) is 0 Å². The average Bonchev–Trinajstić information content (AvgIpc) is 2.97. The van der Waals surface area contributed by atoms with Gasteiger partial charge in [-0.1, -0.05) is 13.0 Å². The number of aromatic nitrogens is 1. The Bertz CT molecular complexity index is 431. The van der Waals surface area contributed by atoms with E-state index in [9.17, 15) is 0 Å². The monoisotopic (exact) mass is 248 g/mol. The van der Waals surface area contributed by atoms with Crippen LogP contribution in [-0.2, 0) is 13.1 Å².